The number of rotatable bonds is 8. The average Bonchev–Trinajstić information content (AvgIpc) is 3.09. The number of aliphatic hydroxyl groups excluding tert-OH is 1. The maximum Gasteiger partial charge on any atom is 0.133 e. The van der Waals surface area contributed by atoms with Gasteiger partial charge in [-0.25, -0.2) is 9.37 Å². The minimum atomic E-state index is -0.250. The van der Waals surface area contributed by atoms with Crippen LogP contribution >= 0.6 is 11.3 Å². The summed E-state index contributed by atoms with van der Waals surface area (Å²) in [5, 5.41) is 12.0. The molecule has 3 rings (SSSR count). The summed E-state index contributed by atoms with van der Waals surface area (Å²) >= 11 is 1.45. The Morgan fingerprint density at radius 1 is 1.00 bits per heavy atom. The third-order valence-corrected chi connectivity index (χ3v) is 4.94. The predicted molar refractivity (Wildman–Crippen MR) is 100 cm³/mol. The van der Waals surface area contributed by atoms with Crippen molar-refractivity contribution in [3.63, 3.8) is 0 Å². The lowest BCUT2D eigenvalue weighted by atomic mass is 10.1. The monoisotopic (exact) mass is 356 g/mol. The Bertz CT molecular complexity index is 791. The van der Waals surface area contributed by atoms with Crippen LogP contribution < -0.4 is 0 Å². The van der Waals surface area contributed by atoms with Crippen LogP contribution in [-0.4, -0.2) is 34.7 Å². The van der Waals surface area contributed by atoms with Crippen molar-refractivity contribution in [1.29, 1.82) is 0 Å². The topological polar surface area (TPSA) is 36.4 Å². The van der Waals surface area contributed by atoms with Crippen molar-refractivity contribution in [3.8, 4) is 10.6 Å². The molecular weight excluding hydrogens is 335 g/mol. The summed E-state index contributed by atoms with van der Waals surface area (Å²) < 4.78 is 13.9. The molecule has 1 aromatic heterocycles. The first-order valence-electron chi connectivity index (χ1n) is 8.32. The van der Waals surface area contributed by atoms with Gasteiger partial charge in [-0.1, -0.05) is 42.5 Å². The molecule has 5 heteroatoms. The van der Waals surface area contributed by atoms with E-state index in [2.05, 4.69) is 22.0 Å². The van der Waals surface area contributed by atoms with E-state index in [1.807, 2.05) is 29.6 Å². The van der Waals surface area contributed by atoms with Crippen molar-refractivity contribution in [3.05, 3.63) is 77.1 Å². The molecular formula is C20H21FN2OS. The summed E-state index contributed by atoms with van der Waals surface area (Å²) in [5.74, 6) is -0.250. The first-order chi connectivity index (χ1) is 12.3. The van der Waals surface area contributed by atoms with Gasteiger partial charge in [-0.2, -0.15) is 0 Å². The van der Waals surface area contributed by atoms with E-state index in [0.29, 0.717) is 23.7 Å². The Hall–Kier alpha value is -2.08. The normalized spacial score (nSPS) is 11.2. The van der Waals surface area contributed by atoms with Crippen molar-refractivity contribution in [2.24, 2.45) is 0 Å². The number of hydrogen-bond donors (Lipinski definition) is 1. The van der Waals surface area contributed by atoms with Crippen LogP contribution in [-0.2, 0) is 13.0 Å². The van der Waals surface area contributed by atoms with Crippen molar-refractivity contribution in [2.75, 3.05) is 19.7 Å². The van der Waals surface area contributed by atoms with Gasteiger partial charge in [-0.15, -0.1) is 11.3 Å². The van der Waals surface area contributed by atoms with Gasteiger partial charge >= 0.3 is 0 Å². The molecule has 0 unspecified atom stereocenters. The van der Waals surface area contributed by atoms with Crippen LogP contribution in [0.2, 0.25) is 0 Å². The lowest BCUT2D eigenvalue weighted by molar-refractivity contribution is 0.190. The Balaban J connectivity index is 1.65. The Labute approximate surface area is 151 Å². The molecule has 0 aliphatic carbocycles. The number of halogens is 1. The van der Waals surface area contributed by atoms with Crippen molar-refractivity contribution in [1.82, 2.24) is 9.88 Å². The SMILES string of the molecule is OCCN(CCc1ccccc1)Cc1csc(-c2ccccc2F)n1. The number of benzene rings is 2. The van der Waals surface area contributed by atoms with Gasteiger partial charge in [-0.05, 0) is 24.1 Å². The molecule has 2 aromatic carbocycles. The zero-order chi connectivity index (χ0) is 17.5. The van der Waals surface area contributed by atoms with E-state index in [1.54, 1.807) is 12.1 Å². The molecule has 25 heavy (non-hydrogen) atoms. The molecule has 0 amide bonds. The molecule has 0 atom stereocenters. The number of nitrogens with zero attached hydrogens (tertiary/aromatic N) is 2. The lowest BCUT2D eigenvalue weighted by Crippen LogP contribution is -2.28. The Kier molecular flexibility index (Phi) is 6.28. The van der Waals surface area contributed by atoms with Crippen molar-refractivity contribution < 1.29 is 9.50 Å². The van der Waals surface area contributed by atoms with E-state index in [9.17, 15) is 9.50 Å². The van der Waals surface area contributed by atoms with Gasteiger partial charge < -0.3 is 5.11 Å². The van der Waals surface area contributed by atoms with E-state index < -0.39 is 0 Å². The van der Waals surface area contributed by atoms with E-state index in [0.717, 1.165) is 18.7 Å². The fourth-order valence-electron chi connectivity index (χ4n) is 2.71. The van der Waals surface area contributed by atoms with E-state index >= 15 is 0 Å². The number of aliphatic hydroxyl groups is 1. The summed E-state index contributed by atoms with van der Waals surface area (Å²) in [6, 6.07) is 17.0. The molecule has 0 fully saturated rings. The molecule has 0 aliphatic heterocycles. The van der Waals surface area contributed by atoms with Crippen molar-refractivity contribution >= 4 is 11.3 Å². The molecule has 0 saturated carbocycles. The molecule has 0 radical (unpaired) electrons. The first-order valence-corrected chi connectivity index (χ1v) is 9.20. The molecule has 0 saturated heterocycles. The van der Waals surface area contributed by atoms with Crippen LogP contribution in [0.1, 0.15) is 11.3 Å². The summed E-state index contributed by atoms with van der Waals surface area (Å²) in [4.78, 5) is 6.75. The lowest BCUT2D eigenvalue weighted by Gasteiger charge is -2.20. The molecule has 0 spiro atoms. The second kappa shape index (κ2) is 8.85. The highest BCUT2D eigenvalue weighted by molar-refractivity contribution is 7.13. The number of thiazole rings is 1. The number of hydrogen-bond acceptors (Lipinski definition) is 4. The van der Waals surface area contributed by atoms with Crippen LogP contribution in [0.5, 0.6) is 0 Å². The average molecular weight is 356 g/mol. The van der Waals surface area contributed by atoms with Gasteiger partial charge in [0.05, 0.1) is 12.3 Å². The third kappa shape index (κ3) is 4.95. The predicted octanol–water partition coefficient (Wildman–Crippen LogP) is 3.99. The van der Waals surface area contributed by atoms with Gasteiger partial charge in [0.2, 0.25) is 0 Å². The largest absolute Gasteiger partial charge is 0.395 e. The first kappa shape index (κ1) is 17.7. The molecule has 1 N–H and O–H groups in total. The molecule has 0 aliphatic rings. The van der Waals surface area contributed by atoms with Gasteiger partial charge in [0, 0.05) is 30.6 Å². The second-order valence-corrected chi connectivity index (χ2v) is 6.72. The van der Waals surface area contributed by atoms with E-state index in [4.69, 9.17) is 0 Å². The van der Waals surface area contributed by atoms with Gasteiger partial charge in [0.25, 0.3) is 0 Å². The van der Waals surface area contributed by atoms with Crippen molar-refractivity contribution in [2.45, 2.75) is 13.0 Å². The summed E-state index contributed by atoms with van der Waals surface area (Å²) in [7, 11) is 0. The van der Waals surface area contributed by atoms with Gasteiger partial charge in [-0.3, -0.25) is 4.90 Å². The second-order valence-electron chi connectivity index (χ2n) is 5.86. The quantitative estimate of drug-likeness (QED) is 0.663. The fourth-order valence-corrected chi connectivity index (χ4v) is 3.55. The number of aromatic nitrogens is 1. The van der Waals surface area contributed by atoms with E-state index in [1.165, 1.54) is 23.0 Å². The molecule has 0 bridgehead atoms. The zero-order valence-corrected chi connectivity index (χ0v) is 14.8. The van der Waals surface area contributed by atoms with Gasteiger partial charge in [0.15, 0.2) is 0 Å². The molecule has 130 valence electrons. The third-order valence-electron chi connectivity index (χ3n) is 4.02. The van der Waals surface area contributed by atoms with Crippen LogP contribution in [0.15, 0.2) is 60.0 Å². The molecule has 1 heterocycles. The highest BCUT2D eigenvalue weighted by Crippen LogP contribution is 2.26. The highest BCUT2D eigenvalue weighted by Gasteiger charge is 2.12. The van der Waals surface area contributed by atoms with Crippen LogP contribution in [0.3, 0.4) is 0 Å². The Morgan fingerprint density at radius 2 is 1.76 bits per heavy atom. The van der Waals surface area contributed by atoms with Crippen LogP contribution in [0, 0.1) is 5.82 Å². The fraction of sp³-hybridized carbons (Fsp3) is 0.250. The summed E-state index contributed by atoms with van der Waals surface area (Å²) in [5.41, 5.74) is 2.72. The zero-order valence-electron chi connectivity index (χ0n) is 13.9. The van der Waals surface area contributed by atoms with E-state index in [-0.39, 0.29) is 12.4 Å². The molecule has 3 aromatic rings. The van der Waals surface area contributed by atoms with Gasteiger partial charge in [0.1, 0.15) is 10.8 Å². The minimum absolute atomic E-state index is 0.110. The summed E-state index contributed by atoms with van der Waals surface area (Å²) in [6.45, 7) is 2.20. The standard InChI is InChI=1S/C20H21FN2OS/c21-19-9-5-4-8-18(19)20-22-17(15-25-20)14-23(12-13-24)11-10-16-6-2-1-3-7-16/h1-9,15,24H,10-14H2. The van der Waals surface area contributed by atoms with Crippen LogP contribution in [0.4, 0.5) is 4.39 Å². The molecule has 3 nitrogen and oxygen atoms in total. The maximum atomic E-state index is 13.9. The summed E-state index contributed by atoms with van der Waals surface area (Å²) in [6.07, 6.45) is 0.922. The Morgan fingerprint density at radius 3 is 2.52 bits per heavy atom. The minimum Gasteiger partial charge on any atom is -0.395 e. The highest BCUT2D eigenvalue weighted by atomic mass is 32.1. The smallest absolute Gasteiger partial charge is 0.133 e. The van der Waals surface area contributed by atoms with Crippen LogP contribution in [0.25, 0.3) is 10.6 Å². The maximum absolute atomic E-state index is 13.9.